The summed E-state index contributed by atoms with van der Waals surface area (Å²) in [7, 11) is 0. The summed E-state index contributed by atoms with van der Waals surface area (Å²) in [5.74, 6) is -2.40. The Bertz CT molecular complexity index is 712. The summed E-state index contributed by atoms with van der Waals surface area (Å²) in [4.78, 5) is 43.3. The van der Waals surface area contributed by atoms with E-state index in [1.807, 2.05) is 0 Å². The molecule has 174 valence electrons. The molecule has 0 saturated carbocycles. The van der Waals surface area contributed by atoms with Crippen molar-refractivity contribution in [3.63, 3.8) is 0 Å². The van der Waals surface area contributed by atoms with Crippen LogP contribution in [0.1, 0.15) is 52.9 Å². The highest BCUT2D eigenvalue weighted by molar-refractivity contribution is 5.98. The van der Waals surface area contributed by atoms with Crippen molar-refractivity contribution < 1.29 is 29.0 Å². The first-order chi connectivity index (χ1) is 14.9. The Morgan fingerprint density at radius 3 is 2.77 bits per heavy atom. The SMILES string of the molecule is C=CCN(CCCCC)C(=O)[C@@H]1N([C@H](C)CO)C(=O)[C@H]2[C@H](C(=O)OCC)[C@@H]3CC[C@]12O3. The average Bonchev–Trinajstić information content (AvgIpc) is 3.39. The van der Waals surface area contributed by atoms with E-state index in [1.165, 1.54) is 4.90 Å². The molecule has 0 unspecified atom stereocenters. The number of hydrogen-bond donors (Lipinski definition) is 1. The molecule has 1 N–H and O–H groups in total. The van der Waals surface area contributed by atoms with Gasteiger partial charge in [-0.1, -0.05) is 25.8 Å². The first-order valence-electron chi connectivity index (χ1n) is 11.5. The van der Waals surface area contributed by atoms with E-state index >= 15 is 0 Å². The Labute approximate surface area is 184 Å². The number of amides is 2. The predicted molar refractivity (Wildman–Crippen MR) is 114 cm³/mol. The molecule has 2 amide bonds. The van der Waals surface area contributed by atoms with Crippen molar-refractivity contribution in [2.24, 2.45) is 11.8 Å². The van der Waals surface area contributed by atoms with Crippen LogP contribution in [0.15, 0.2) is 12.7 Å². The Morgan fingerprint density at radius 1 is 1.42 bits per heavy atom. The van der Waals surface area contributed by atoms with Gasteiger partial charge in [0, 0.05) is 13.1 Å². The average molecular weight is 437 g/mol. The largest absolute Gasteiger partial charge is 0.466 e. The lowest BCUT2D eigenvalue weighted by molar-refractivity contribution is -0.156. The number of carbonyl (C=O) groups is 3. The number of unbranched alkanes of at least 4 members (excludes halogenated alkanes) is 2. The summed E-state index contributed by atoms with van der Waals surface area (Å²) < 4.78 is 11.6. The molecule has 6 atom stereocenters. The molecule has 0 aromatic carbocycles. The van der Waals surface area contributed by atoms with Crippen molar-refractivity contribution >= 4 is 17.8 Å². The number of aliphatic hydroxyl groups is 1. The maximum absolute atomic E-state index is 13.8. The Kier molecular flexibility index (Phi) is 7.42. The van der Waals surface area contributed by atoms with Crippen LogP contribution in [0.4, 0.5) is 0 Å². The lowest BCUT2D eigenvalue weighted by Crippen LogP contribution is -2.58. The minimum Gasteiger partial charge on any atom is -0.466 e. The smallest absolute Gasteiger partial charge is 0.312 e. The molecule has 8 nitrogen and oxygen atoms in total. The summed E-state index contributed by atoms with van der Waals surface area (Å²) in [6, 6.07) is -1.42. The molecule has 8 heteroatoms. The van der Waals surface area contributed by atoms with Gasteiger partial charge in [-0.2, -0.15) is 0 Å². The molecule has 3 rings (SSSR count). The standard InChI is InChI=1S/C23H36N2O6/c1-5-8-9-13-24(12-6-2)21(28)19-23-11-10-16(31-23)17(22(29)30-7-3)18(23)20(27)25(19)15(4)14-26/h6,15-19,26H,2,5,7-14H2,1,3-4H3/t15-,16+,17-,18-,19+,23-/m1/s1. The highest BCUT2D eigenvalue weighted by atomic mass is 16.6. The van der Waals surface area contributed by atoms with E-state index in [-0.39, 0.29) is 25.0 Å². The fourth-order valence-electron chi connectivity index (χ4n) is 5.61. The van der Waals surface area contributed by atoms with Crippen LogP contribution in [0.5, 0.6) is 0 Å². The van der Waals surface area contributed by atoms with Gasteiger partial charge >= 0.3 is 5.97 Å². The van der Waals surface area contributed by atoms with Gasteiger partial charge in [0.15, 0.2) is 0 Å². The Morgan fingerprint density at radius 2 is 2.16 bits per heavy atom. The number of ether oxygens (including phenoxy) is 2. The first-order valence-corrected chi connectivity index (χ1v) is 11.5. The minimum atomic E-state index is -1.05. The molecule has 0 radical (unpaired) electrons. The lowest BCUT2D eigenvalue weighted by atomic mass is 9.70. The van der Waals surface area contributed by atoms with Gasteiger partial charge in [0.1, 0.15) is 11.6 Å². The summed E-state index contributed by atoms with van der Waals surface area (Å²) in [6.45, 7) is 10.2. The molecule has 3 aliphatic heterocycles. The maximum atomic E-state index is 13.8. The Balaban J connectivity index is 1.98. The van der Waals surface area contributed by atoms with E-state index in [0.717, 1.165) is 19.3 Å². The van der Waals surface area contributed by atoms with E-state index in [0.29, 0.717) is 25.9 Å². The summed E-state index contributed by atoms with van der Waals surface area (Å²) in [6.07, 6.45) is 5.30. The van der Waals surface area contributed by atoms with E-state index in [9.17, 15) is 19.5 Å². The highest BCUT2D eigenvalue weighted by Gasteiger charge is 2.75. The van der Waals surface area contributed by atoms with Crippen LogP contribution in [0.3, 0.4) is 0 Å². The number of aliphatic hydroxyl groups excluding tert-OH is 1. The van der Waals surface area contributed by atoms with Crippen LogP contribution in [-0.4, -0.2) is 82.8 Å². The van der Waals surface area contributed by atoms with Crippen molar-refractivity contribution in [3.8, 4) is 0 Å². The van der Waals surface area contributed by atoms with Crippen LogP contribution in [0, 0.1) is 11.8 Å². The van der Waals surface area contributed by atoms with Crippen molar-refractivity contribution in [2.45, 2.75) is 76.7 Å². The quantitative estimate of drug-likeness (QED) is 0.300. The molecule has 3 heterocycles. The molecule has 3 aliphatic rings. The van der Waals surface area contributed by atoms with Crippen molar-refractivity contribution in [1.29, 1.82) is 0 Å². The molecule has 0 aliphatic carbocycles. The van der Waals surface area contributed by atoms with Crippen LogP contribution < -0.4 is 0 Å². The number of rotatable bonds is 11. The Hall–Kier alpha value is -1.93. The van der Waals surface area contributed by atoms with Gasteiger partial charge in [0.2, 0.25) is 11.8 Å². The number of nitrogens with zero attached hydrogens (tertiary/aromatic N) is 2. The molecule has 0 aromatic heterocycles. The number of likely N-dealkylation sites (tertiary alicyclic amines) is 1. The zero-order chi connectivity index (χ0) is 22.8. The van der Waals surface area contributed by atoms with Gasteiger partial charge in [0.05, 0.1) is 37.2 Å². The van der Waals surface area contributed by atoms with Crippen molar-refractivity contribution in [1.82, 2.24) is 9.80 Å². The van der Waals surface area contributed by atoms with E-state index in [2.05, 4.69) is 13.5 Å². The van der Waals surface area contributed by atoms with Gasteiger partial charge in [-0.25, -0.2) is 0 Å². The zero-order valence-corrected chi connectivity index (χ0v) is 18.9. The van der Waals surface area contributed by atoms with E-state index in [1.54, 1.807) is 24.8 Å². The fraction of sp³-hybridized carbons (Fsp3) is 0.783. The monoisotopic (exact) mass is 436 g/mol. The third-order valence-corrected chi connectivity index (χ3v) is 6.96. The lowest BCUT2D eigenvalue weighted by Gasteiger charge is -2.38. The number of fused-ring (bicyclic) bond motifs is 1. The molecule has 1 spiro atoms. The molecule has 0 aromatic rings. The molecule has 31 heavy (non-hydrogen) atoms. The topological polar surface area (TPSA) is 96.4 Å². The summed E-state index contributed by atoms with van der Waals surface area (Å²) >= 11 is 0. The third-order valence-electron chi connectivity index (χ3n) is 6.96. The molecular weight excluding hydrogens is 400 g/mol. The molecule has 3 saturated heterocycles. The number of hydrogen-bond acceptors (Lipinski definition) is 6. The van der Waals surface area contributed by atoms with Crippen LogP contribution >= 0.6 is 0 Å². The third kappa shape index (κ3) is 3.89. The van der Waals surface area contributed by atoms with E-state index in [4.69, 9.17) is 9.47 Å². The van der Waals surface area contributed by atoms with Crippen molar-refractivity contribution in [3.05, 3.63) is 12.7 Å². The van der Waals surface area contributed by atoms with Crippen molar-refractivity contribution in [2.75, 3.05) is 26.3 Å². The first kappa shape index (κ1) is 23.7. The number of esters is 1. The molecule has 2 bridgehead atoms. The second-order valence-corrected chi connectivity index (χ2v) is 8.87. The zero-order valence-electron chi connectivity index (χ0n) is 18.9. The van der Waals surface area contributed by atoms with Gasteiger partial charge < -0.3 is 24.4 Å². The van der Waals surface area contributed by atoms with Gasteiger partial charge in [-0.05, 0) is 33.1 Å². The van der Waals surface area contributed by atoms with Gasteiger partial charge in [-0.3, -0.25) is 14.4 Å². The van der Waals surface area contributed by atoms with Crippen LogP contribution in [0.2, 0.25) is 0 Å². The van der Waals surface area contributed by atoms with Crippen LogP contribution in [0.25, 0.3) is 0 Å². The molecular formula is C23H36N2O6. The second kappa shape index (κ2) is 9.69. The highest BCUT2D eigenvalue weighted by Crippen LogP contribution is 2.59. The number of carbonyl (C=O) groups excluding carboxylic acids is 3. The molecule has 3 fully saturated rings. The summed E-state index contributed by atoms with van der Waals surface area (Å²) in [5.41, 5.74) is -1.05. The minimum absolute atomic E-state index is 0.197. The fourth-order valence-corrected chi connectivity index (χ4v) is 5.61. The maximum Gasteiger partial charge on any atom is 0.312 e. The predicted octanol–water partition coefficient (Wildman–Crippen LogP) is 1.51. The normalized spacial score (nSPS) is 32.1. The summed E-state index contributed by atoms with van der Waals surface area (Å²) in [5, 5.41) is 9.85. The van der Waals surface area contributed by atoms with Crippen LogP contribution in [-0.2, 0) is 23.9 Å². The van der Waals surface area contributed by atoms with Gasteiger partial charge in [0.25, 0.3) is 0 Å². The van der Waals surface area contributed by atoms with E-state index < -0.39 is 41.6 Å². The van der Waals surface area contributed by atoms with Gasteiger partial charge in [-0.15, -0.1) is 6.58 Å². The second-order valence-electron chi connectivity index (χ2n) is 8.87.